The molecule has 35 heavy (non-hydrogen) atoms. The highest BCUT2D eigenvalue weighted by Gasteiger charge is 2.48. The summed E-state index contributed by atoms with van der Waals surface area (Å²) in [6, 6.07) is 23.4. The second-order valence-corrected chi connectivity index (χ2v) is 9.68. The smallest absolute Gasteiger partial charge is 0.365 e. The van der Waals surface area contributed by atoms with Crippen molar-refractivity contribution in [3.63, 3.8) is 0 Å². The van der Waals surface area contributed by atoms with Gasteiger partial charge in [-0.15, -0.1) is 0 Å². The van der Waals surface area contributed by atoms with Crippen LogP contribution in [0, 0.1) is 0 Å². The van der Waals surface area contributed by atoms with Gasteiger partial charge in [-0.2, -0.15) is 10.2 Å². The summed E-state index contributed by atoms with van der Waals surface area (Å²) >= 11 is 7.47. The fourth-order valence-corrected chi connectivity index (χ4v) is 5.56. The maximum Gasteiger partial charge on any atom is 0.365 e. The van der Waals surface area contributed by atoms with E-state index in [-0.39, 0.29) is 11.7 Å². The van der Waals surface area contributed by atoms with E-state index in [1.165, 1.54) is 11.8 Å². The van der Waals surface area contributed by atoms with Gasteiger partial charge in [0.1, 0.15) is 0 Å². The lowest BCUT2D eigenvalue weighted by molar-refractivity contribution is -0.134. The highest BCUT2D eigenvalue weighted by Crippen LogP contribution is 2.47. The molecule has 9 heteroatoms. The zero-order valence-electron chi connectivity index (χ0n) is 18.7. The van der Waals surface area contributed by atoms with Crippen molar-refractivity contribution in [3.8, 4) is 0 Å². The molecule has 1 unspecified atom stereocenters. The lowest BCUT2D eigenvalue weighted by Crippen LogP contribution is -2.45. The van der Waals surface area contributed by atoms with Gasteiger partial charge in [0.05, 0.1) is 35.4 Å². The monoisotopic (exact) mass is 501 g/mol. The molecular formula is C26H20ClN5O2S. The van der Waals surface area contributed by atoms with E-state index in [1.54, 1.807) is 24.1 Å². The molecule has 2 aliphatic rings. The van der Waals surface area contributed by atoms with Gasteiger partial charge in [-0.1, -0.05) is 54.1 Å². The standard InChI is InChI=1S/C26H20ClN5O2S/c1-2-34-25(33)24-30-32(20-13-11-19(27)12-14-20)26(35-24)15-22(17-7-4-3-5-8-17)31-23-18(16-28-31)9-6-10-21(23)29-26/h3-16,29H,2H2,1H3. The number of hydrogen-bond acceptors (Lipinski definition) is 7. The maximum absolute atomic E-state index is 12.8. The Kier molecular flexibility index (Phi) is 5.27. The number of aromatic nitrogens is 2. The average Bonchev–Trinajstić information content (AvgIpc) is 3.43. The van der Waals surface area contributed by atoms with Crippen molar-refractivity contribution < 1.29 is 9.53 Å². The van der Waals surface area contributed by atoms with E-state index in [0.29, 0.717) is 5.02 Å². The summed E-state index contributed by atoms with van der Waals surface area (Å²) in [4.78, 5) is 11.8. The molecule has 0 fully saturated rings. The van der Waals surface area contributed by atoms with Crippen LogP contribution in [0.3, 0.4) is 0 Å². The number of carbonyl (C=O) groups excluding carboxylic acids is 1. The number of esters is 1. The van der Waals surface area contributed by atoms with Gasteiger partial charge < -0.3 is 10.1 Å². The van der Waals surface area contributed by atoms with Crippen molar-refractivity contribution in [1.82, 2.24) is 9.78 Å². The molecule has 2 aliphatic heterocycles. The third-order valence-electron chi connectivity index (χ3n) is 5.81. The first-order valence-corrected chi connectivity index (χ1v) is 12.3. The van der Waals surface area contributed by atoms with E-state index in [9.17, 15) is 4.79 Å². The number of ether oxygens (including phenoxy) is 1. The van der Waals surface area contributed by atoms with Gasteiger partial charge in [-0.05, 0) is 49.0 Å². The van der Waals surface area contributed by atoms with Crippen LogP contribution in [-0.2, 0) is 9.53 Å². The van der Waals surface area contributed by atoms with E-state index in [4.69, 9.17) is 26.5 Å². The fraction of sp³-hybridized carbons (Fsp3) is 0.115. The third kappa shape index (κ3) is 3.66. The summed E-state index contributed by atoms with van der Waals surface area (Å²) in [5.41, 5.74) is 4.43. The van der Waals surface area contributed by atoms with Gasteiger partial charge >= 0.3 is 5.97 Å². The Labute approximate surface area is 211 Å². The molecule has 1 atom stereocenters. The molecule has 0 saturated carbocycles. The number of thioether (sulfide) groups is 1. The summed E-state index contributed by atoms with van der Waals surface area (Å²) in [5, 5.41) is 16.8. The Balaban J connectivity index is 1.60. The van der Waals surface area contributed by atoms with Crippen molar-refractivity contribution >= 4 is 62.4 Å². The molecule has 1 N–H and O–H groups in total. The van der Waals surface area contributed by atoms with Crippen LogP contribution in [-0.4, -0.2) is 32.4 Å². The van der Waals surface area contributed by atoms with Crippen LogP contribution in [0.25, 0.3) is 16.6 Å². The first kappa shape index (κ1) is 21.8. The van der Waals surface area contributed by atoms with E-state index in [2.05, 4.69) is 11.4 Å². The van der Waals surface area contributed by atoms with Crippen molar-refractivity contribution in [2.75, 3.05) is 16.9 Å². The van der Waals surface area contributed by atoms with Gasteiger partial charge in [0, 0.05) is 22.0 Å². The Morgan fingerprint density at radius 2 is 1.89 bits per heavy atom. The maximum atomic E-state index is 12.8. The van der Waals surface area contributed by atoms with Crippen LogP contribution in [0.4, 0.5) is 11.4 Å². The SMILES string of the molecule is CCOC(=O)C1=NN(c2ccc(Cl)cc2)C2(C=C(c3ccccc3)n3ncc4cccc(c43)N2)S1. The van der Waals surface area contributed by atoms with Gasteiger partial charge in [-0.25, -0.2) is 14.5 Å². The molecule has 0 bridgehead atoms. The number of carbonyl (C=O) groups is 1. The zero-order chi connectivity index (χ0) is 24.0. The van der Waals surface area contributed by atoms with Crippen LogP contribution in [0.1, 0.15) is 12.5 Å². The quantitative estimate of drug-likeness (QED) is 0.357. The number of nitrogens with one attached hydrogen (secondary N) is 1. The van der Waals surface area contributed by atoms with E-state index < -0.39 is 11.0 Å². The minimum atomic E-state index is -0.976. The summed E-state index contributed by atoms with van der Waals surface area (Å²) in [6.45, 7) is 2.04. The van der Waals surface area contributed by atoms with E-state index in [0.717, 1.165) is 33.5 Å². The number of benzene rings is 3. The summed E-state index contributed by atoms with van der Waals surface area (Å²) in [7, 11) is 0. The highest BCUT2D eigenvalue weighted by molar-refractivity contribution is 8.17. The van der Waals surface area contributed by atoms with Crippen LogP contribution in [0.15, 0.2) is 90.2 Å². The number of nitrogens with zero attached hydrogens (tertiary/aromatic N) is 4. The summed E-state index contributed by atoms with van der Waals surface area (Å²) in [5.74, 6) is -0.468. The second-order valence-electron chi connectivity index (χ2n) is 8.03. The lowest BCUT2D eigenvalue weighted by Gasteiger charge is -2.35. The van der Waals surface area contributed by atoms with Crippen molar-refractivity contribution in [3.05, 3.63) is 95.7 Å². The first-order valence-electron chi connectivity index (χ1n) is 11.1. The van der Waals surface area contributed by atoms with Crippen LogP contribution < -0.4 is 10.3 Å². The molecule has 0 radical (unpaired) electrons. The predicted octanol–water partition coefficient (Wildman–Crippen LogP) is 5.79. The molecule has 4 aromatic rings. The molecule has 0 saturated heterocycles. The molecule has 1 aromatic heterocycles. The molecule has 6 rings (SSSR count). The second kappa shape index (κ2) is 8.48. The minimum absolute atomic E-state index is 0.254. The number of rotatable bonds is 4. The first-order chi connectivity index (χ1) is 17.1. The highest BCUT2D eigenvalue weighted by atomic mass is 35.5. The zero-order valence-corrected chi connectivity index (χ0v) is 20.3. The predicted molar refractivity (Wildman–Crippen MR) is 141 cm³/mol. The average molecular weight is 502 g/mol. The van der Waals surface area contributed by atoms with Crippen LogP contribution >= 0.6 is 23.4 Å². The van der Waals surface area contributed by atoms with Crippen molar-refractivity contribution in [1.29, 1.82) is 0 Å². The molecule has 174 valence electrons. The summed E-state index contributed by atoms with van der Waals surface area (Å²) < 4.78 is 7.24. The molecule has 3 heterocycles. The summed E-state index contributed by atoms with van der Waals surface area (Å²) in [6.07, 6.45) is 3.92. The Morgan fingerprint density at radius 1 is 1.09 bits per heavy atom. The topological polar surface area (TPSA) is 71.8 Å². The number of hydrogen-bond donors (Lipinski definition) is 1. The molecule has 3 aromatic carbocycles. The van der Waals surface area contributed by atoms with Gasteiger partial charge in [-0.3, -0.25) is 0 Å². The number of halogens is 1. The van der Waals surface area contributed by atoms with Crippen molar-refractivity contribution in [2.45, 2.75) is 11.9 Å². The van der Waals surface area contributed by atoms with Crippen LogP contribution in [0.2, 0.25) is 5.02 Å². The van der Waals surface area contributed by atoms with Gasteiger partial charge in [0.25, 0.3) is 0 Å². The molecule has 1 spiro atoms. The van der Waals surface area contributed by atoms with Gasteiger partial charge in [0.15, 0.2) is 0 Å². The van der Waals surface area contributed by atoms with Gasteiger partial charge in [0.2, 0.25) is 10.0 Å². The molecule has 0 aliphatic carbocycles. The normalized spacial score (nSPS) is 18.7. The van der Waals surface area contributed by atoms with E-state index in [1.807, 2.05) is 71.5 Å². The minimum Gasteiger partial charge on any atom is -0.461 e. The number of anilines is 2. The largest absolute Gasteiger partial charge is 0.461 e. The van der Waals surface area contributed by atoms with Crippen LogP contribution in [0.5, 0.6) is 0 Å². The molecule has 7 nitrogen and oxygen atoms in total. The van der Waals surface area contributed by atoms with E-state index >= 15 is 0 Å². The number of para-hydroxylation sites is 1. The Morgan fingerprint density at radius 3 is 2.66 bits per heavy atom. The van der Waals surface area contributed by atoms with Crippen molar-refractivity contribution in [2.24, 2.45) is 5.10 Å². The third-order valence-corrected chi connectivity index (χ3v) is 7.21. The molecule has 0 amide bonds. The fourth-order valence-electron chi connectivity index (χ4n) is 4.31. The lowest BCUT2D eigenvalue weighted by atomic mass is 10.1. The Bertz CT molecular complexity index is 1500. The Hall–Kier alpha value is -3.75. The number of hydrazone groups is 1. The molecular weight excluding hydrogens is 482 g/mol.